The number of hydrogen-bond donors (Lipinski definition) is 2. The topological polar surface area (TPSA) is 67.4 Å². The number of carbonyl (C=O) groups is 2. The van der Waals surface area contributed by atoms with Crippen LogP contribution in [0.25, 0.3) is 0 Å². The molecule has 5 nitrogen and oxygen atoms in total. The minimum Gasteiger partial charge on any atom is -0.482 e. The van der Waals surface area contributed by atoms with Crippen LogP contribution in [-0.4, -0.2) is 18.4 Å². The lowest BCUT2D eigenvalue weighted by Gasteiger charge is -2.21. The predicted molar refractivity (Wildman–Crippen MR) is 72.0 cm³/mol. The molecule has 1 aliphatic heterocycles. The summed E-state index contributed by atoms with van der Waals surface area (Å²) in [7, 11) is 0. The van der Waals surface area contributed by atoms with Gasteiger partial charge in [-0.1, -0.05) is 13.0 Å². The molecule has 0 saturated heterocycles. The molecular formula is C14H18N2O3. The summed E-state index contributed by atoms with van der Waals surface area (Å²) in [6, 6.07) is 5.45. The van der Waals surface area contributed by atoms with Gasteiger partial charge in [0.25, 0.3) is 5.91 Å². The molecule has 5 heteroatoms. The zero-order valence-corrected chi connectivity index (χ0v) is 11.2. The number of benzene rings is 1. The molecule has 2 N–H and O–H groups in total. The van der Waals surface area contributed by atoms with Crippen molar-refractivity contribution in [2.24, 2.45) is 0 Å². The van der Waals surface area contributed by atoms with E-state index >= 15 is 0 Å². The third-order valence-electron chi connectivity index (χ3n) is 2.99. The Balaban J connectivity index is 2.10. The minimum atomic E-state index is -0.160. The molecule has 1 unspecified atom stereocenters. The van der Waals surface area contributed by atoms with Gasteiger partial charge in [-0.25, -0.2) is 0 Å². The van der Waals surface area contributed by atoms with Gasteiger partial charge in [-0.05, 0) is 31.0 Å². The van der Waals surface area contributed by atoms with E-state index in [1.807, 2.05) is 32.0 Å². The zero-order valence-electron chi connectivity index (χ0n) is 11.2. The molecule has 1 heterocycles. The van der Waals surface area contributed by atoms with Gasteiger partial charge >= 0.3 is 0 Å². The number of anilines is 1. The van der Waals surface area contributed by atoms with Gasteiger partial charge in [0, 0.05) is 6.42 Å². The molecule has 2 amide bonds. The largest absolute Gasteiger partial charge is 0.482 e. The van der Waals surface area contributed by atoms with Gasteiger partial charge in [-0.15, -0.1) is 0 Å². The van der Waals surface area contributed by atoms with Crippen LogP contribution in [0.1, 0.15) is 38.3 Å². The van der Waals surface area contributed by atoms with Crippen molar-refractivity contribution in [2.75, 3.05) is 11.9 Å². The van der Waals surface area contributed by atoms with E-state index in [0.29, 0.717) is 17.9 Å². The molecule has 19 heavy (non-hydrogen) atoms. The van der Waals surface area contributed by atoms with Gasteiger partial charge in [0.15, 0.2) is 6.61 Å². The van der Waals surface area contributed by atoms with Crippen LogP contribution in [0, 0.1) is 0 Å². The number of nitrogens with one attached hydrogen (secondary N) is 2. The normalized spacial score (nSPS) is 14.9. The maximum atomic E-state index is 11.6. The fraction of sp³-hybridized carbons (Fsp3) is 0.429. The number of rotatable bonds is 4. The molecule has 1 aromatic carbocycles. The van der Waals surface area contributed by atoms with E-state index in [9.17, 15) is 9.59 Å². The van der Waals surface area contributed by atoms with Crippen LogP contribution in [0.3, 0.4) is 0 Å². The van der Waals surface area contributed by atoms with Crippen molar-refractivity contribution in [3.8, 4) is 5.75 Å². The van der Waals surface area contributed by atoms with E-state index in [1.165, 1.54) is 0 Å². The van der Waals surface area contributed by atoms with Gasteiger partial charge in [-0.2, -0.15) is 0 Å². The first-order valence-electron chi connectivity index (χ1n) is 6.46. The number of hydrogen-bond acceptors (Lipinski definition) is 3. The van der Waals surface area contributed by atoms with Gasteiger partial charge < -0.3 is 15.4 Å². The van der Waals surface area contributed by atoms with Crippen molar-refractivity contribution >= 4 is 17.5 Å². The lowest BCUT2D eigenvalue weighted by molar-refractivity contribution is -0.122. The number of amides is 2. The third kappa shape index (κ3) is 3.24. The molecule has 102 valence electrons. The molecule has 1 atom stereocenters. The molecule has 0 spiro atoms. The Morgan fingerprint density at radius 1 is 1.53 bits per heavy atom. The molecule has 0 bridgehead atoms. The maximum absolute atomic E-state index is 11.6. The van der Waals surface area contributed by atoms with Crippen molar-refractivity contribution < 1.29 is 14.3 Å². The highest BCUT2D eigenvalue weighted by molar-refractivity contribution is 5.95. The summed E-state index contributed by atoms with van der Waals surface area (Å²) in [6.45, 7) is 3.94. The Hall–Kier alpha value is -2.04. The van der Waals surface area contributed by atoms with E-state index in [1.54, 1.807) is 0 Å². The SMILES string of the molecule is CCCC(=O)NC(C)c1ccc2c(c1)NC(=O)CO2. The predicted octanol–water partition coefficient (Wildman–Crippen LogP) is 1.99. The van der Waals surface area contributed by atoms with E-state index in [0.717, 1.165) is 12.0 Å². The molecular weight excluding hydrogens is 244 g/mol. The standard InChI is InChI=1S/C14H18N2O3/c1-3-4-13(17)15-9(2)10-5-6-12-11(7-10)16-14(18)8-19-12/h5-7,9H,3-4,8H2,1-2H3,(H,15,17)(H,16,18). The Labute approximate surface area is 112 Å². The molecule has 0 saturated carbocycles. The van der Waals surface area contributed by atoms with Crippen LogP contribution in [-0.2, 0) is 9.59 Å². The summed E-state index contributed by atoms with van der Waals surface area (Å²) in [5.74, 6) is 0.538. The molecule has 1 aromatic rings. The third-order valence-corrected chi connectivity index (χ3v) is 2.99. The minimum absolute atomic E-state index is 0.0352. The van der Waals surface area contributed by atoms with Crippen molar-refractivity contribution in [3.05, 3.63) is 23.8 Å². The summed E-state index contributed by atoms with van der Waals surface area (Å²) in [5.41, 5.74) is 1.60. The fourth-order valence-corrected chi connectivity index (χ4v) is 1.99. The van der Waals surface area contributed by atoms with Crippen molar-refractivity contribution in [2.45, 2.75) is 32.7 Å². The van der Waals surface area contributed by atoms with Crippen molar-refractivity contribution in [3.63, 3.8) is 0 Å². The smallest absolute Gasteiger partial charge is 0.262 e. The average molecular weight is 262 g/mol. The molecule has 0 radical (unpaired) electrons. The summed E-state index contributed by atoms with van der Waals surface area (Å²) in [6.07, 6.45) is 1.35. The van der Waals surface area contributed by atoms with Gasteiger partial charge in [0.1, 0.15) is 5.75 Å². The van der Waals surface area contributed by atoms with Crippen LogP contribution in [0.5, 0.6) is 5.75 Å². The Morgan fingerprint density at radius 3 is 3.05 bits per heavy atom. The first-order valence-corrected chi connectivity index (χ1v) is 6.46. The van der Waals surface area contributed by atoms with Gasteiger partial charge in [-0.3, -0.25) is 9.59 Å². The molecule has 0 aliphatic carbocycles. The highest BCUT2D eigenvalue weighted by Gasteiger charge is 2.17. The van der Waals surface area contributed by atoms with Crippen molar-refractivity contribution in [1.82, 2.24) is 5.32 Å². The number of carbonyl (C=O) groups excluding carboxylic acids is 2. The van der Waals surface area contributed by atoms with Crippen LogP contribution in [0.4, 0.5) is 5.69 Å². The van der Waals surface area contributed by atoms with Crippen LogP contribution in [0.15, 0.2) is 18.2 Å². The Bertz CT molecular complexity index is 499. The average Bonchev–Trinajstić information content (AvgIpc) is 2.38. The van der Waals surface area contributed by atoms with E-state index in [-0.39, 0.29) is 24.5 Å². The highest BCUT2D eigenvalue weighted by atomic mass is 16.5. The van der Waals surface area contributed by atoms with E-state index in [4.69, 9.17) is 4.74 Å². The summed E-state index contributed by atoms with van der Waals surface area (Å²) < 4.78 is 5.29. The van der Waals surface area contributed by atoms with E-state index in [2.05, 4.69) is 10.6 Å². The van der Waals surface area contributed by atoms with E-state index < -0.39 is 0 Å². The first kappa shape index (κ1) is 13.4. The summed E-state index contributed by atoms with van der Waals surface area (Å²) in [5, 5.41) is 5.68. The second-order valence-corrected chi connectivity index (χ2v) is 4.63. The van der Waals surface area contributed by atoms with Crippen molar-refractivity contribution in [1.29, 1.82) is 0 Å². The van der Waals surface area contributed by atoms with Gasteiger partial charge in [0.05, 0.1) is 11.7 Å². The second kappa shape index (κ2) is 5.73. The molecule has 0 fully saturated rings. The monoisotopic (exact) mass is 262 g/mol. The maximum Gasteiger partial charge on any atom is 0.262 e. The Kier molecular flexibility index (Phi) is 4.04. The lowest BCUT2D eigenvalue weighted by atomic mass is 10.1. The first-order chi connectivity index (χ1) is 9.10. The van der Waals surface area contributed by atoms with Gasteiger partial charge in [0.2, 0.25) is 5.91 Å². The Morgan fingerprint density at radius 2 is 2.32 bits per heavy atom. The van der Waals surface area contributed by atoms with Crippen LogP contribution in [0.2, 0.25) is 0 Å². The highest BCUT2D eigenvalue weighted by Crippen LogP contribution is 2.30. The zero-order chi connectivity index (χ0) is 13.8. The van der Waals surface area contributed by atoms with Crippen LogP contribution < -0.4 is 15.4 Å². The molecule has 1 aliphatic rings. The lowest BCUT2D eigenvalue weighted by Crippen LogP contribution is -2.27. The number of fused-ring (bicyclic) bond motifs is 1. The molecule has 0 aromatic heterocycles. The quantitative estimate of drug-likeness (QED) is 0.872. The summed E-state index contributed by atoms with van der Waals surface area (Å²) in [4.78, 5) is 22.8. The second-order valence-electron chi connectivity index (χ2n) is 4.63. The van der Waals surface area contributed by atoms with Crippen LogP contribution >= 0.6 is 0 Å². The summed E-state index contributed by atoms with van der Waals surface area (Å²) >= 11 is 0. The fourth-order valence-electron chi connectivity index (χ4n) is 1.99. The molecule has 2 rings (SSSR count). The number of ether oxygens (including phenoxy) is 1.